The summed E-state index contributed by atoms with van der Waals surface area (Å²) in [6.45, 7) is 1.61. The first kappa shape index (κ1) is 13.1. The van der Waals surface area contributed by atoms with E-state index in [1.807, 2.05) is 0 Å². The second-order valence-corrected chi connectivity index (χ2v) is 4.71. The van der Waals surface area contributed by atoms with Gasteiger partial charge in [-0.25, -0.2) is 9.97 Å². The van der Waals surface area contributed by atoms with E-state index in [2.05, 4.69) is 15.3 Å². The first-order valence-electron chi connectivity index (χ1n) is 6.09. The number of hydrogen-bond acceptors (Lipinski definition) is 5. The molecule has 1 N–H and O–H groups in total. The molecule has 108 valence electrons. The Hall–Kier alpha value is -1.90. The molecule has 1 unspecified atom stereocenters. The third-order valence-corrected chi connectivity index (χ3v) is 3.47. The summed E-state index contributed by atoms with van der Waals surface area (Å²) in [6, 6.07) is -0.438. The van der Waals surface area contributed by atoms with Crippen molar-refractivity contribution in [1.82, 2.24) is 15.3 Å². The van der Waals surface area contributed by atoms with Gasteiger partial charge in [-0.3, -0.25) is 9.69 Å². The van der Waals surface area contributed by atoms with Crippen LogP contribution in [0.4, 0.5) is 24.8 Å². The molecule has 1 saturated heterocycles. The Bertz CT molecular complexity index is 561. The van der Waals surface area contributed by atoms with Crippen LogP contribution in [-0.4, -0.2) is 48.6 Å². The minimum Gasteiger partial charge on any atom is -0.339 e. The molecule has 2 aliphatic heterocycles. The third-order valence-electron chi connectivity index (χ3n) is 3.47. The molecule has 2 aliphatic rings. The van der Waals surface area contributed by atoms with Gasteiger partial charge in [0, 0.05) is 26.7 Å². The Kier molecular flexibility index (Phi) is 2.82. The molecule has 20 heavy (non-hydrogen) atoms. The molecule has 0 bridgehead atoms. The molecule has 9 heteroatoms. The number of aromatic nitrogens is 2. The number of carbonyl (C=O) groups is 1. The fourth-order valence-corrected chi connectivity index (χ4v) is 2.44. The molecule has 0 spiro atoms. The Morgan fingerprint density at radius 2 is 2.15 bits per heavy atom. The molecule has 6 nitrogen and oxygen atoms in total. The summed E-state index contributed by atoms with van der Waals surface area (Å²) in [5, 5.41) is 3.08. The maximum Gasteiger partial charge on any atom is 0.434 e. The second kappa shape index (κ2) is 4.30. The molecule has 1 fully saturated rings. The molecule has 1 atom stereocenters. The van der Waals surface area contributed by atoms with Gasteiger partial charge in [0.2, 0.25) is 0 Å². The van der Waals surface area contributed by atoms with E-state index in [1.54, 1.807) is 4.90 Å². The molecular formula is C11H12F3N5O. The lowest BCUT2D eigenvalue weighted by Crippen LogP contribution is -2.61. The molecule has 0 radical (unpaired) electrons. The van der Waals surface area contributed by atoms with Gasteiger partial charge < -0.3 is 10.2 Å². The van der Waals surface area contributed by atoms with Crippen molar-refractivity contribution in [2.24, 2.45) is 0 Å². The monoisotopic (exact) mass is 287 g/mol. The molecule has 0 aromatic carbocycles. The molecule has 3 rings (SSSR count). The van der Waals surface area contributed by atoms with Crippen LogP contribution < -0.4 is 15.1 Å². The predicted molar refractivity (Wildman–Crippen MR) is 64.4 cm³/mol. The van der Waals surface area contributed by atoms with Crippen molar-refractivity contribution in [1.29, 1.82) is 0 Å². The standard InChI is InChI=1S/C11H12F3N5O/c1-18-9-8(16-5-7(17-9)11(12,13)14)19-3-2-15-4-6(19)10(18)20/h5-6,15H,2-4H2,1H3. The summed E-state index contributed by atoms with van der Waals surface area (Å²) in [7, 11) is 1.42. The zero-order valence-corrected chi connectivity index (χ0v) is 10.6. The van der Waals surface area contributed by atoms with E-state index in [0.29, 0.717) is 31.6 Å². The molecule has 1 aromatic rings. The number of piperazine rings is 1. The number of nitrogens with zero attached hydrogens (tertiary/aromatic N) is 4. The van der Waals surface area contributed by atoms with Gasteiger partial charge in [0.05, 0.1) is 6.20 Å². The average Bonchev–Trinajstić information content (AvgIpc) is 2.43. The molecule has 1 amide bonds. The third kappa shape index (κ3) is 1.89. The second-order valence-electron chi connectivity index (χ2n) is 4.71. The number of hydrogen-bond donors (Lipinski definition) is 1. The van der Waals surface area contributed by atoms with Crippen LogP contribution in [0.25, 0.3) is 0 Å². The number of amides is 1. The molecule has 0 aliphatic carbocycles. The maximum absolute atomic E-state index is 12.7. The van der Waals surface area contributed by atoms with Gasteiger partial charge in [0.25, 0.3) is 5.91 Å². The Labute approximate surface area is 112 Å². The number of alkyl halides is 3. The summed E-state index contributed by atoms with van der Waals surface area (Å²) < 4.78 is 38.1. The van der Waals surface area contributed by atoms with Crippen molar-refractivity contribution in [2.45, 2.75) is 12.2 Å². The van der Waals surface area contributed by atoms with Gasteiger partial charge in [0.15, 0.2) is 17.3 Å². The number of anilines is 2. The Morgan fingerprint density at radius 3 is 2.85 bits per heavy atom. The lowest BCUT2D eigenvalue weighted by molar-refractivity contribution is -0.141. The maximum atomic E-state index is 12.7. The van der Waals surface area contributed by atoms with Crippen LogP contribution >= 0.6 is 0 Å². The van der Waals surface area contributed by atoms with E-state index in [9.17, 15) is 18.0 Å². The van der Waals surface area contributed by atoms with Crippen LogP contribution in [0.3, 0.4) is 0 Å². The van der Waals surface area contributed by atoms with Crippen molar-refractivity contribution in [3.8, 4) is 0 Å². The van der Waals surface area contributed by atoms with Crippen molar-refractivity contribution in [2.75, 3.05) is 36.5 Å². The van der Waals surface area contributed by atoms with E-state index in [1.165, 1.54) is 7.05 Å². The van der Waals surface area contributed by atoms with E-state index < -0.39 is 17.9 Å². The topological polar surface area (TPSA) is 61.4 Å². The minimum absolute atomic E-state index is 0.0389. The smallest absolute Gasteiger partial charge is 0.339 e. The van der Waals surface area contributed by atoms with Gasteiger partial charge in [-0.1, -0.05) is 0 Å². The average molecular weight is 287 g/mol. The lowest BCUT2D eigenvalue weighted by atomic mass is 10.1. The van der Waals surface area contributed by atoms with Crippen LogP contribution in [0.1, 0.15) is 5.69 Å². The van der Waals surface area contributed by atoms with Gasteiger partial charge in [-0.15, -0.1) is 0 Å². The summed E-state index contributed by atoms with van der Waals surface area (Å²) in [5.41, 5.74) is -1.09. The van der Waals surface area contributed by atoms with Crippen LogP contribution in [-0.2, 0) is 11.0 Å². The van der Waals surface area contributed by atoms with Crippen molar-refractivity contribution < 1.29 is 18.0 Å². The van der Waals surface area contributed by atoms with Crippen molar-refractivity contribution >= 4 is 17.5 Å². The van der Waals surface area contributed by atoms with Crippen molar-refractivity contribution in [3.05, 3.63) is 11.9 Å². The normalized spacial score (nSPS) is 22.6. The zero-order valence-electron chi connectivity index (χ0n) is 10.6. The highest BCUT2D eigenvalue weighted by molar-refractivity contribution is 6.03. The summed E-state index contributed by atoms with van der Waals surface area (Å²) in [5.74, 6) is 0.00731. The highest BCUT2D eigenvalue weighted by Gasteiger charge is 2.42. The minimum atomic E-state index is -4.58. The highest BCUT2D eigenvalue weighted by atomic mass is 19.4. The van der Waals surface area contributed by atoms with Crippen molar-refractivity contribution in [3.63, 3.8) is 0 Å². The molecule has 0 saturated carbocycles. The van der Waals surface area contributed by atoms with E-state index in [0.717, 1.165) is 4.90 Å². The van der Waals surface area contributed by atoms with Gasteiger partial charge in [0.1, 0.15) is 6.04 Å². The molecular weight excluding hydrogens is 275 g/mol. The highest BCUT2D eigenvalue weighted by Crippen LogP contribution is 2.35. The quantitative estimate of drug-likeness (QED) is 0.741. The van der Waals surface area contributed by atoms with E-state index in [-0.39, 0.29) is 11.7 Å². The SMILES string of the molecule is CN1C(=O)C2CNCCN2c2ncc(C(F)(F)F)nc21. The number of likely N-dealkylation sites (N-methyl/N-ethyl adjacent to an activating group) is 1. The zero-order chi connectivity index (χ0) is 14.5. The van der Waals surface area contributed by atoms with E-state index in [4.69, 9.17) is 0 Å². The summed E-state index contributed by atoms with van der Waals surface area (Å²) in [6.07, 6.45) is -3.87. The first-order valence-corrected chi connectivity index (χ1v) is 6.09. The largest absolute Gasteiger partial charge is 0.434 e. The Morgan fingerprint density at radius 1 is 1.40 bits per heavy atom. The van der Waals surface area contributed by atoms with Crippen LogP contribution in [0.5, 0.6) is 0 Å². The number of halogens is 3. The van der Waals surface area contributed by atoms with Gasteiger partial charge in [-0.05, 0) is 0 Å². The predicted octanol–water partition coefficient (Wildman–Crippen LogP) is 0.250. The summed E-state index contributed by atoms with van der Waals surface area (Å²) in [4.78, 5) is 22.5. The first-order chi connectivity index (χ1) is 9.39. The number of nitrogens with one attached hydrogen (secondary N) is 1. The van der Waals surface area contributed by atoms with Crippen LogP contribution in [0, 0.1) is 0 Å². The number of carbonyl (C=O) groups excluding carboxylic acids is 1. The van der Waals surface area contributed by atoms with Crippen LogP contribution in [0.15, 0.2) is 6.20 Å². The lowest BCUT2D eigenvalue weighted by Gasteiger charge is -2.42. The fraction of sp³-hybridized carbons (Fsp3) is 0.545. The molecule has 3 heterocycles. The number of fused-ring (bicyclic) bond motifs is 3. The van der Waals surface area contributed by atoms with E-state index >= 15 is 0 Å². The molecule has 1 aromatic heterocycles. The Balaban J connectivity index is 2.09. The fourth-order valence-electron chi connectivity index (χ4n) is 2.44. The summed E-state index contributed by atoms with van der Waals surface area (Å²) >= 11 is 0. The van der Waals surface area contributed by atoms with Gasteiger partial charge in [-0.2, -0.15) is 13.2 Å². The van der Waals surface area contributed by atoms with Crippen LogP contribution in [0.2, 0.25) is 0 Å². The van der Waals surface area contributed by atoms with Gasteiger partial charge >= 0.3 is 6.18 Å². The number of rotatable bonds is 0.